The molecule has 17 heavy (non-hydrogen) atoms. The zero-order valence-corrected chi connectivity index (χ0v) is 10.1. The number of non-ortho nitro benzene ring substituents is 1. The molecular weight excluding hydrogens is 242 g/mol. The standard InChI is InChI=1S/C11H13NO4S/c1-9(6-7-13)8-17(16)11-4-2-10(3-5-11)12(14)15/h2-5,8,13H,6-7H2,1H3/b9-8+. The second-order valence-corrected chi connectivity index (χ2v) is 4.79. The highest BCUT2D eigenvalue weighted by molar-refractivity contribution is 7.94. The summed E-state index contributed by atoms with van der Waals surface area (Å²) in [6.07, 6.45) is 0.471. The molecule has 0 amide bonds. The number of rotatable bonds is 5. The first-order valence-electron chi connectivity index (χ1n) is 4.98. The van der Waals surface area contributed by atoms with E-state index in [0.29, 0.717) is 11.3 Å². The van der Waals surface area contributed by atoms with Crippen LogP contribution in [0.4, 0.5) is 5.69 Å². The Morgan fingerprint density at radius 1 is 1.47 bits per heavy atom. The van der Waals surface area contributed by atoms with E-state index in [4.69, 9.17) is 5.11 Å². The third kappa shape index (κ3) is 4.18. The van der Waals surface area contributed by atoms with E-state index in [1.54, 1.807) is 6.92 Å². The van der Waals surface area contributed by atoms with Crippen LogP contribution in [0.25, 0.3) is 0 Å². The van der Waals surface area contributed by atoms with Gasteiger partial charge in [-0.3, -0.25) is 10.1 Å². The van der Waals surface area contributed by atoms with E-state index in [-0.39, 0.29) is 12.3 Å². The van der Waals surface area contributed by atoms with Gasteiger partial charge in [0.1, 0.15) is 5.41 Å². The molecule has 0 heterocycles. The van der Waals surface area contributed by atoms with Crippen molar-refractivity contribution in [3.05, 3.63) is 45.4 Å². The molecule has 6 heteroatoms. The summed E-state index contributed by atoms with van der Waals surface area (Å²) in [6, 6.07) is 5.58. The Morgan fingerprint density at radius 2 is 2.06 bits per heavy atom. The first-order valence-corrected chi connectivity index (χ1v) is 6.19. The quantitative estimate of drug-likeness (QED) is 0.495. The predicted octanol–water partition coefficient (Wildman–Crippen LogP) is 1.99. The van der Waals surface area contributed by atoms with Crippen molar-refractivity contribution >= 4 is 16.9 Å². The van der Waals surface area contributed by atoms with Crippen molar-refractivity contribution in [3.8, 4) is 0 Å². The Balaban J connectivity index is 2.79. The van der Waals surface area contributed by atoms with Gasteiger partial charge in [-0.25, -0.2) is 0 Å². The molecule has 0 aliphatic rings. The van der Waals surface area contributed by atoms with Crippen molar-refractivity contribution in [1.29, 1.82) is 0 Å². The molecule has 1 unspecified atom stereocenters. The second kappa shape index (κ2) is 6.39. The average molecular weight is 255 g/mol. The topological polar surface area (TPSA) is 86.4 Å². The molecule has 1 rings (SSSR count). The lowest BCUT2D eigenvalue weighted by molar-refractivity contribution is -0.384. The summed E-state index contributed by atoms with van der Waals surface area (Å²) >= 11 is -1.33. The second-order valence-electron chi connectivity index (χ2n) is 3.49. The smallest absolute Gasteiger partial charge is 0.269 e. The summed E-state index contributed by atoms with van der Waals surface area (Å²) in [7, 11) is 0. The Morgan fingerprint density at radius 3 is 2.53 bits per heavy atom. The molecule has 0 aliphatic heterocycles. The van der Waals surface area contributed by atoms with Crippen molar-refractivity contribution in [2.75, 3.05) is 6.61 Å². The molecule has 0 spiro atoms. The Kier molecular flexibility index (Phi) is 5.14. The monoisotopic (exact) mass is 255 g/mol. The maximum Gasteiger partial charge on any atom is 0.269 e. The maximum atomic E-state index is 11.8. The number of aliphatic hydroxyl groups excluding tert-OH is 1. The summed E-state index contributed by atoms with van der Waals surface area (Å²) < 4.78 is 11.8. The summed E-state index contributed by atoms with van der Waals surface area (Å²) in [6.45, 7) is 1.79. The fourth-order valence-electron chi connectivity index (χ4n) is 1.19. The van der Waals surface area contributed by atoms with Crippen molar-refractivity contribution in [3.63, 3.8) is 0 Å². The normalized spacial score (nSPS) is 13.5. The summed E-state index contributed by atoms with van der Waals surface area (Å²) in [5.74, 6) is 0. The molecule has 1 N–H and O–H groups in total. The van der Waals surface area contributed by atoms with Gasteiger partial charge in [-0.2, -0.15) is 0 Å². The number of benzene rings is 1. The molecule has 0 radical (unpaired) electrons. The molecule has 0 bridgehead atoms. The average Bonchev–Trinajstić information content (AvgIpc) is 2.29. The molecule has 1 aromatic rings. The van der Waals surface area contributed by atoms with E-state index >= 15 is 0 Å². The van der Waals surface area contributed by atoms with E-state index in [9.17, 15) is 14.7 Å². The molecule has 0 saturated heterocycles. The van der Waals surface area contributed by atoms with Gasteiger partial charge in [0.25, 0.3) is 5.69 Å². The highest BCUT2D eigenvalue weighted by Crippen LogP contribution is 2.19. The van der Waals surface area contributed by atoms with Crippen LogP contribution in [0.5, 0.6) is 0 Å². The minimum absolute atomic E-state index is 0.0137. The van der Waals surface area contributed by atoms with E-state index in [0.717, 1.165) is 5.57 Å². The van der Waals surface area contributed by atoms with Gasteiger partial charge in [-0.1, -0.05) is 0 Å². The van der Waals surface area contributed by atoms with Gasteiger partial charge >= 0.3 is 0 Å². The van der Waals surface area contributed by atoms with E-state index in [1.807, 2.05) is 0 Å². The van der Waals surface area contributed by atoms with E-state index in [1.165, 1.54) is 29.7 Å². The van der Waals surface area contributed by atoms with Crippen LogP contribution in [0.2, 0.25) is 0 Å². The van der Waals surface area contributed by atoms with Gasteiger partial charge in [0.15, 0.2) is 4.90 Å². The minimum Gasteiger partial charge on any atom is -0.607 e. The molecule has 5 nitrogen and oxygen atoms in total. The number of nitrogens with zero attached hydrogens (tertiary/aromatic N) is 1. The lowest BCUT2D eigenvalue weighted by atomic mass is 10.3. The van der Waals surface area contributed by atoms with Crippen LogP contribution in [0.3, 0.4) is 0 Å². The minimum atomic E-state index is -1.33. The Labute approximate surface area is 102 Å². The van der Waals surface area contributed by atoms with Crippen molar-refractivity contribution in [1.82, 2.24) is 0 Å². The number of nitro benzene ring substituents is 1. The zero-order chi connectivity index (χ0) is 12.8. The molecule has 1 atom stereocenters. The van der Waals surface area contributed by atoms with Gasteiger partial charge in [-0.05, 0) is 18.9 Å². The van der Waals surface area contributed by atoms with Crippen LogP contribution >= 0.6 is 0 Å². The fraction of sp³-hybridized carbons (Fsp3) is 0.273. The van der Waals surface area contributed by atoms with Crippen LogP contribution in [0.15, 0.2) is 40.1 Å². The van der Waals surface area contributed by atoms with E-state index < -0.39 is 16.1 Å². The van der Waals surface area contributed by atoms with E-state index in [2.05, 4.69) is 0 Å². The molecule has 0 aromatic heterocycles. The third-order valence-electron chi connectivity index (χ3n) is 2.09. The van der Waals surface area contributed by atoms with Crippen LogP contribution in [-0.2, 0) is 11.2 Å². The molecular formula is C11H13NO4S. The van der Waals surface area contributed by atoms with Crippen LogP contribution in [0.1, 0.15) is 13.3 Å². The number of aliphatic hydroxyl groups is 1. The summed E-state index contributed by atoms with van der Waals surface area (Å²) in [5, 5.41) is 20.7. The van der Waals surface area contributed by atoms with Crippen molar-refractivity contribution < 1.29 is 14.6 Å². The third-order valence-corrected chi connectivity index (χ3v) is 3.45. The van der Waals surface area contributed by atoms with Crippen LogP contribution in [-0.4, -0.2) is 21.2 Å². The molecule has 1 aromatic carbocycles. The van der Waals surface area contributed by atoms with Gasteiger partial charge in [0, 0.05) is 42.0 Å². The fourth-order valence-corrected chi connectivity index (χ4v) is 2.21. The van der Waals surface area contributed by atoms with Gasteiger partial charge < -0.3 is 9.66 Å². The highest BCUT2D eigenvalue weighted by atomic mass is 32.2. The van der Waals surface area contributed by atoms with Crippen molar-refractivity contribution in [2.45, 2.75) is 18.2 Å². The first-order chi connectivity index (χ1) is 8.04. The number of hydrogen-bond donors (Lipinski definition) is 1. The molecule has 0 fully saturated rings. The SMILES string of the molecule is C/C(=C\[S+]([O-])c1ccc([N+](=O)[O-])cc1)CCO. The Bertz CT molecular complexity index is 416. The predicted molar refractivity (Wildman–Crippen MR) is 65.0 cm³/mol. The van der Waals surface area contributed by atoms with Crippen LogP contribution < -0.4 is 0 Å². The number of nitro groups is 1. The number of hydrogen-bond acceptors (Lipinski definition) is 4. The largest absolute Gasteiger partial charge is 0.607 e. The Hall–Kier alpha value is -1.37. The molecule has 0 aliphatic carbocycles. The summed E-state index contributed by atoms with van der Waals surface area (Å²) in [5.41, 5.74) is 0.797. The zero-order valence-electron chi connectivity index (χ0n) is 9.33. The van der Waals surface area contributed by atoms with Gasteiger partial charge in [0.05, 0.1) is 4.92 Å². The molecule has 0 saturated carbocycles. The first kappa shape index (κ1) is 13.7. The lowest BCUT2D eigenvalue weighted by Crippen LogP contribution is -1.99. The van der Waals surface area contributed by atoms with Gasteiger partial charge in [0.2, 0.25) is 0 Å². The van der Waals surface area contributed by atoms with Crippen molar-refractivity contribution in [2.24, 2.45) is 0 Å². The lowest BCUT2D eigenvalue weighted by Gasteiger charge is -2.06. The summed E-state index contributed by atoms with van der Waals surface area (Å²) in [4.78, 5) is 10.4. The highest BCUT2D eigenvalue weighted by Gasteiger charge is 2.11. The van der Waals surface area contributed by atoms with Crippen LogP contribution in [0, 0.1) is 10.1 Å². The maximum absolute atomic E-state index is 11.8. The van der Waals surface area contributed by atoms with Gasteiger partial charge in [-0.15, -0.1) is 0 Å². The molecule has 92 valence electrons.